The second kappa shape index (κ2) is 7.31. The van der Waals surface area contributed by atoms with E-state index in [1.807, 2.05) is 13.8 Å². The number of nitrogens with one attached hydrogen (secondary N) is 1. The van der Waals surface area contributed by atoms with Gasteiger partial charge in [0.1, 0.15) is 0 Å². The molecular weight excluding hydrogens is 242 g/mol. The molecule has 1 rings (SSSR count). The third-order valence-electron chi connectivity index (χ3n) is 3.99. The SMILES string of the molecule is CCCCCNC(=O)[C@H]1CC(C)=C(C)C[C@H]1C(=O)[O-]. The largest absolute Gasteiger partial charge is 0.550 e. The summed E-state index contributed by atoms with van der Waals surface area (Å²) >= 11 is 0. The van der Waals surface area contributed by atoms with Crippen molar-refractivity contribution in [1.82, 2.24) is 5.32 Å². The highest BCUT2D eigenvalue weighted by Crippen LogP contribution is 2.33. The molecule has 19 heavy (non-hydrogen) atoms. The molecule has 1 amide bonds. The molecule has 1 N–H and O–H groups in total. The second-order valence-electron chi connectivity index (χ2n) is 5.50. The number of carbonyl (C=O) groups is 2. The molecule has 4 nitrogen and oxygen atoms in total. The standard InChI is InChI=1S/C15H25NO3/c1-4-5-6-7-16-14(17)12-8-10(2)11(3)9-13(12)15(18)19/h12-13H,4-9H2,1-3H3,(H,16,17)(H,18,19)/p-1/t12-,13+/m0/s1. The molecule has 2 atom stereocenters. The minimum Gasteiger partial charge on any atom is -0.550 e. The molecule has 1 aliphatic carbocycles. The number of allylic oxidation sites excluding steroid dienone is 2. The van der Waals surface area contributed by atoms with Crippen LogP contribution < -0.4 is 10.4 Å². The lowest BCUT2D eigenvalue weighted by molar-refractivity contribution is -0.313. The van der Waals surface area contributed by atoms with E-state index in [0.29, 0.717) is 19.4 Å². The molecular formula is C15H24NO3-. The van der Waals surface area contributed by atoms with Gasteiger partial charge in [-0.2, -0.15) is 0 Å². The van der Waals surface area contributed by atoms with Crippen LogP contribution in [0.15, 0.2) is 11.1 Å². The first-order valence-electron chi connectivity index (χ1n) is 7.11. The van der Waals surface area contributed by atoms with E-state index in [-0.39, 0.29) is 5.91 Å². The second-order valence-corrected chi connectivity index (χ2v) is 5.50. The summed E-state index contributed by atoms with van der Waals surface area (Å²) in [6.45, 7) is 6.63. The van der Waals surface area contributed by atoms with Crippen molar-refractivity contribution in [3.8, 4) is 0 Å². The van der Waals surface area contributed by atoms with Crippen LogP contribution in [0.5, 0.6) is 0 Å². The minimum absolute atomic E-state index is 0.142. The van der Waals surface area contributed by atoms with Gasteiger partial charge in [-0.05, 0) is 33.1 Å². The Morgan fingerprint density at radius 3 is 2.26 bits per heavy atom. The van der Waals surface area contributed by atoms with Crippen LogP contribution in [0.2, 0.25) is 0 Å². The Hall–Kier alpha value is -1.32. The molecule has 0 aromatic carbocycles. The number of rotatable bonds is 6. The number of aliphatic carboxylic acids is 1. The molecule has 108 valence electrons. The summed E-state index contributed by atoms with van der Waals surface area (Å²) in [4.78, 5) is 23.3. The number of carboxylic acid groups (broad SMARTS) is 1. The van der Waals surface area contributed by atoms with E-state index in [0.717, 1.165) is 30.4 Å². The van der Waals surface area contributed by atoms with Gasteiger partial charge in [0.25, 0.3) is 0 Å². The number of unbranched alkanes of at least 4 members (excludes halogenated alkanes) is 2. The molecule has 0 saturated carbocycles. The summed E-state index contributed by atoms with van der Waals surface area (Å²) < 4.78 is 0. The molecule has 0 unspecified atom stereocenters. The van der Waals surface area contributed by atoms with Gasteiger partial charge >= 0.3 is 0 Å². The van der Waals surface area contributed by atoms with Gasteiger partial charge in [0.2, 0.25) is 5.91 Å². The van der Waals surface area contributed by atoms with Gasteiger partial charge in [-0.3, -0.25) is 4.79 Å². The molecule has 0 saturated heterocycles. The molecule has 0 bridgehead atoms. The Bertz CT molecular complexity index is 374. The molecule has 0 aliphatic heterocycles. The van der Waals surface area contributed by atoms with Gasteiger partial charge in [0, 0.05) is 24.3 Å². The lowest BCUT2D eigenvalue weighted by Gasteiger charge is -2.32. The lowest BCUT2D eigenvalue weighted by atomic mass is 9.76. The Morgan fingerprint density at radius 1 is 1.16 bits per heavy atom. The lowest BCUT2D eigenvalue weighted by Crippen LogP contribution is -2.45. The maximum atomic E-state index is 12.1. The molecule has 0 aromatic heterocycles. The zero-order valence-electron chi connectivity index (χ0n) is 12.1. The maximum Gasteiger partial charge on any atom is 0.224 e. The topological polar surface area (TPSA) is 69.2 Å². The highest BCUT2D eigenvalue weighted by Gasteiger charge is 2.33. The summed E-state index contributed by atoms with van der Waals surface area (Å²) in [5, 5.41) is 14.0. The maximum absolute atomic E-state index is 12.1. The van der Waals surface area contributed by atoms with Crippen LogP contribution in [0, 0.1) is 11.8 Å². The van der Waals surface area contributed by atoms with Crippen LogP contribution in [0.25, 0.3) is 0 Å². The van der Waals surface area contributed by atoms with Crippen LogP contribution in [-0.2, 0) is 9.59 Å². The molecule has 0 aromatic rings. The van der Waals surface area contributed by atoms with Crippen LogP contribution >= 0.6 is 0 Å². The molecule has 0 radical (unpaired) electrons. The van der Waals surface area contributed by atoms with Crippen LogP contribution in [0.4, 0.5) is 0 Å². The van der Waals surface area contributed by atoms with Gasteiger partial charge in [0.05, 0.1) is 0 Å². The number of hydrogen-bond donors (Lipinski definition) is 1. The van der Waals surface area contributed by atoms with Crippen LogP contribution in [0.1, 0.15) is 52.9 Å². The molecule has 0 heterocycles. The van der Waals surface area contributed by atoms with Gasteiger partial charge in [-0.15, -0.1) is 0 Å². The van der Waals surface area contributed by atoms with E-state index >= 15 is 0 Å². The summed E-state index contributed by atoms with van der Waals surface area (Å²) in [5.41, 5.74) is 2.20. The van der Waals surface area contributed by atoms with E-state index in [4.69, 9.17) is 0 Å². The summed E-state index contributed by atoms with van der Waals surface area (Å²) in [6, 6.07) is 0. The van der Waals surface area contributed by atoms with Crippen molar-refractivity contribution in [3.05, 3.63) is 11.1 Å². The van der Waals surface area contributed by atoms with Crippen LogP contribution in [0.3, 0.4) is 0 Å². The average molecular weight is 266 g/mol. The quantitative estimate of drug-likeness (QED) is 0.583. The third kappa shape index (κ3) is 4.37. The Kier molecular flexibility index (Phi) is 6.06. The van der Waals surface area contributed by atoms with Crippen LogP contribution in [-0.4, -0.2) is 18.4 Å². The number of hydrogen-bond acceptors (Lipinski definition) is 3. The molecule has 1 aliphatic rings. The first-order valence-corrected chi connectivity index (χ1v) is 7.11. The van der Waals surface area contributed by atoms with Gasteiger partial charge in [-0.25, -0.2) is 0 Å². The summed E-state index contributed by atoms with van der Waals surface area (Å²) in [5.74, 6) is -2.41. The van der Waals surface area contributed by atoms with Crippen molar-refractivity contribution in [3.63, 3.8) is 0 Å². The Labute approximate surface area is 115 Å². The predicted molar refractivity (Wildman–Crippen MR) is 72.1 cm³/mol. The van der Waals surface area contributed by atoms with E-state index < -0.39 is 17.8 Å². The monoisotopic (exact) mass is 266 g/mol. The van der Waals surface area contributed by atoms with Crippen molar-refractivity contribution >= 4 is 11.9 Å². The average Bonchev–Trinajstić information content (AvgIpc) is 2.36. The fraction of sp³-hybridized carbons (Fsp3) is 0.733. The van der Waals surface area contributed by atoms with E-state index in [9.17, 15) is 14.7 Å². The molecule has 4 heteroatoms. The van der Waals surface area contributed by atoms with E-state index in [1.54, 1.807) is 0 Å². The molecule has 0 spiro atoms. The number of carbonyl (C=O) groups excluding carboxylic acids is 2. The van der Waals surface area contributed by atoms with Crippen molar-refractivity contribution < 1.29 is 14.7 Å². The fourth-order valence-corrected chi connectivity index (χ4v) is 2.53. The van der Waals surface area contributed by atoms with E-state index in [2.05, 4.69) is 12.2 Å². The van der Waals surface area contributed by atoms with E-state index in [1.165, 1.54) is 0 Å². The molecule has 0 fully saturated rings. The van der Waals surface area contributed by atoms with Crippen molar-refractivity contribution in [2.45, 2.75) is 52.9 Å². The smallest absolute Gasteiger partial charge is 0.224 e. The number of carboxylic acids is 1. The zero-order chi connectivity index (χ0) is 14.4. The highest BCUT2D eigenvalue weighted by atomic mass is 16.4. The fourth-order valence-electron chi connectivity index (χ4n) is 2.53. The predicted octanol–water partition coefficient (Wildman–Crippen LogP) is 1.41. The first kappa shape index (κ1) is 15.7. The Balaban J connectivity index is 2.62. The summed E-state index contributed by atoms with van der Waals surface area (Å²) in [6.07, 6.45) is 4.08. The summed E-state index contributed by atoms with van der Waals surface area (Å²) in [7, 11) is 0. The first-order chi connectivity index (χ1) is 8.97. The number of amides is 1. The van der Waals surface area contributed by atoms with Crippen molar-refractivity contribution in [2.24, 2.45) is 11.8 Å². The third-order valence-corrected chi connectivity index (χ3v) is 3.99. The zero-order valence-corrected chi connectivity index (χ0v) is 12.1. The van der Waals surface area contributed by atoms with Crippen molar-refractivity contribution in [2.75, 3.05) is 6.54 Å². The minimum atomic E-state index is -1.11. The highest BCUT2D eigenvalue weighted by molar-refractivity contribution is 5.85. The van der Waals surface area contributed by atoms with Gasteiger partial charge in [-0.1, -0.05) is 30.9 Å². The van der Waals surface area contributed by atoms with Gasteiger partial charge < -0.3 is 15.2 Å². The normalized spacial score (nSPS) is 23.3. The van der Waals surface area contributed by atoms with Gasteiger partial charge in [0.15, 0.2) is 0 Å². The Morgan fingerprint density at radius 2 is 1.74 bits per heavy atom. The van der Waals surface area contributed by atoms with Crippen molar-refractivity contribution in [1.29, 1.82) is 0 Å².